The normalized spacial score (nSPS) is 16.2. The Hall–Kier alpha value is -1.45. The largest absolute Gasteiger partial charge is 0.476 e. The molecule has 0 aromatic carbocycles. The van der Waals surface area contributed by atoms with Gasteiger partial charge in [0.05, 0.1) is 12.3 Å². The summed E-state index contributed by atoms with van der Waals surface area (Å²) < 4.78 is 5.75. The van der Waals surface area contributed by atoms with Gasteiger partial charge in [-0.05, 0) is 50.2 Å². The molecule has 0 bridgehead atoms. The molecule has 2 N–H and O–H groups in total. The van der Waals surface area contributed by atoms with Crippen molar-refractivity contribution in [3.63, 3.8) is 0 Å². The number of ether oxygens (including phenoxy) is 1. The molecule has 20 heavy (non-hydrogen) atoms. The zero-order chi connectivity index (χ0) is 14.7. The Bertz CT molecular complexity index is 443. The van der Waals surface area contributed by atoms with Gasteiger partial charge in [-0.15, -0.1) is 0 Å². The second-order valence-corrected chi connectivity index (χ2v) is 6.41. The number of nitrogen functional groups attached to an aromatic ring is 1. The lowest BCUT2D eigenvalue weighted by Gasteiger charge is -2.27. The van der Waals surface area contributed by atoms with Crippen molar-refractivity contribution in [1.82, 2.24) is 4.98 Å². The lowest BCUT2D eigenvalue weighted by atomic mass is 10.0. The van der Waals surface area contributed by atoms with Crippen LogP contribution >= 0.6 is 0 Å². The Labute approximate surface area is 122 Å². The molecule has 1 fully saturated rings. The van der Waals surface area contributed by atoms with Crippen LogP contribution in [0.3, 0.4) is 0 Å². The fraction of sp³-hybridized carbons (Fsp3) is 0.688. The van der Waals surface area contributed by atoms with Crippen molar-refractivity contribution in [3.8, 4) is 5.88 Å². The van der Waals surface area contributed by atoms with Crippen LogP contribution in [0.2, 0.25) is 0 Å². The molecule has 1 aliphatic rings. The molecule has 0 saturated heterocycles. The van der Waals surface area contributed by atoms with Crippen LogP contribution in [0.15, 0.2) is 12.1 Å². The van der Waals surface area contributed by atoms with E-state index < -0.39 is 0 Å². The molecule has 4 nitrogen and oxygen atoms in total. The minimum Gasteiger partial charge on any atom is -0.476 e. The summed E-state index contributed by atoms with van der Waals surface area (Å²) in [7, 11) is 2.08. The Morgan fingerprint density at radius 2 is 2.05 bits per heavy atom. The first-order chi connectivity index (χ1) is 9.47. The smallest absolute Gasteiger partial charge is 0.239 e. The van der Waals surface area contributed by atoms with E-state index in [1.54, 1.807) is 0 Å². The third-order valence-corrected chi connectivity index (χ3v) is 3.86. The molecule has 2 rings (SSSR count). The van der Waals surface area contributed by atoms with E-state index in [9.17, 15) is 0 Å². The van der Waals surface area contributed by atoms with Gasteiger partial charge in [0.15, 0.2) is 0 Å². The number of aromatic nitrogens is 1. The maximum Gasteiger partial charge on any atom is 0.239 e. The van der Waals surface area contributed by atoms with Crippen LogP contribution in [-0.2, 0) is 0 Å². The van der Waals surface area contributed by atoms with Gasteiger partial charge in [-0.1, -0.05) is 13.8 Å². The quantitative estimate of drug-likeness (QED) is 0.830. The predicted octanol–water partition coefficient (Wildman–Crippen LogP) is 3.32. The first kappa shape index (κ1) is 14.9. The molecule has 0 radical (unpaired) electrons. The molecule has 1 saturated carbocycles. The molecular formula is C16H27N3O. The monoisotopic (exact) mass is 277 g/mol. The van der Waals surface area contributed by atoms with E-state index in [4.69, 9.17) is 10.5 Å². The number of nitrogens with zero attached hydrogens (tertiary/aromatic N) is 2. The van der Waals surface area contributed by atoms with Crippen LogP contribution in [0.1, 0.15) is 40.0 Å². The van der Waals surface area contributed by atoms with Crippen LogP contribution in [0.25, 0.3) is 0 Å². The Kier molecular flexibility index (Phi) is 4.73. The maximum atomic E-state index is 5.95. The number of hydrogen-bond acceptors (Lipinski definition) is 4. The summed E-state index contributed by atoms with van der Waals surface area (Å²) in [6, 6.07) is 4.31. The SMILES string of the molecule is CC(C)CC(C)N(C)c1ccc(N)c(OCC2CC2)n1. The summed E-state index contributed by atoms with van der Waals surface area (Å²) in [5.41, 5.74) is 6.57. The zero-order valence-electron chi connectivity index (χ0n) is 13.1. The van der Waals surface area contributed by atoms with Crippen molar-refractivity contribution in [2.45, 2.75) is 46.1 Å². The topological polar surface area (TPSA) is 51.4 Å². The summed E-state index contributed by atoms with van der Waals surface area (Å²) in [6.07, 6.45) is 3.68. The molecule has 1 atom stereocenters. The molecule has 0 aliphatic heterocycles. The van der Waals surface area contributed by atoms with Gasteiger partial charge < -0.3 is 15.4 Å². The standard InChI is InChI=1S/C16H27N3O/c1-11(2)9-12(3)19(4)15-8-7-14(17)16(18-15)20-10-13-5-6-13/h7-8,11-13H,5-6,9-10,17H2,1-4H3. The van der Waals surface area contributed by atoms with Crippen molar-refractivity contribution in [2.24, 2.45) is 11.8 Å². The summed E-state index contributed by atoms with van der Waals surface area (Å²) in [5, 5.41) is 0. The molecule has 1 aromatic rings. The van der Waals surface area contributed by atoms with E-state index in [1.165, 1.54) is 12.8 Å². The third-order valence-electron chi connectivity index (χ3n) is 3.86. The van der Waals surface area contributed by atoms with E-state index in [0.29, 0.717) is 29.4 Å². The van der Waals surface area contributed by atoms with Gasteiger partial charge in [0.2, 0.25) is 5.88 Å². The van der Waals surface area contributed by atoms with Crippen LogP contribution in [0.5, 0.6) is 5.88 Å². The maximum absolute atomic E-state index is 5.95. The summed E-state index contributed by atoms with van der Waals surface area (Å²) >= 11 is 0. The fourth-order valence-corrected chi connectivity index (χ4v) is 2.30. The van der Waals surface area contributed by atoms with Gasteiger partial charge in [0, 0.05) is 13.1 Å². The number of rotatable bonds is 7. The van der Waals surface area contributed by atoms with Crippen molar-refractivity contribution in [1.29, 1.82) is 0 Å². The van der Waals surface area contributed by atoms with E-state index in [-0.39, 0.29) is 0 Å². The molecule has 1 aromatic heterocycles. The lowest BCUT2D eigenvalue weighted by Crippen LogP contribution is -2.30. The number of anilines is 2. The minimum absolute atomic E-state index is 0.447. The Morgan fingerprint density at radius 3 is 2.65 bits per heavy atom. The molecule has 0 spiro atoms. The molecule has 4 heteroatoms. The van der Waals surface area contributed by atoms with E-state index in [2.05, 4.69) is 37.7 Å². The molecule has 1 heterocycles. The van der Waals surface area contributed by atoms with Crippen LogP contribution < -0.4 is 15.4 Å². The lowest BCUT2D eigenvalue weighted by molar-refractivity contribution is 0.290. The molecule has 1 unspecified atom stereocenters. The third kappa shape index (κ3) is 4.02. The fourth-order valence-electron chi connectivity index (χ4n) is 2.30. The number of nitrogens with two attached hydrogens (primary N) is 1. The van der Waals surface area contributed by atoms with Crippen LogP contribution in [-0.4, -0.2) is 24.7 Å². The highest BCUT2D eigenvalue weighted by molar-refractivity contribution is 5.54. The second-order valence-electron chi connectivity index (χ2n) is 6.41. The highest BCUT2D eigenvalue weighted by Crippen LogP contribution is 2.31. The van der Waals surface area contributed by atoms with Crippen molar-refractivity contribution < 1.29 is 4.74 Å². The first-order valence-corrected chi connectivity index (χ1v) is 7.59. The summed E-state index contributed by atoms with van der Waals surface area (Å²) in [6.45, 7) is 7.45. The van der Waals surface area contributed by atoms with Gasteiger partial charge in [-0.3, -0.25) is 0 Å². The molecular weight excluding hydrogens is 250 g/mol. The Balaban J connectivity index is 2.04. The number of hydrogen-bond donors (Lipinski definition) is 1. The summed E-state index contributed by atoms with van der Waals surface area (Å²) in [4.78, 5) is 6.78. The van der Waals surface area contributed by atoms with Crippen molar-refractivity contribution in [3.05, 3.63) is 12.1 Å². The van der Waals surface area contributed by atoms with Gasteiger partial charge in [0.1, 0.15) is 5.82 Å². The summed E-state index contributed by atoms with van der Waals surface area (Å²) in [5.74, 6) is 2.89. The van der Waals surface area contributed by atoms with Crippen molar-refractivity contribution >= 4 is 11.5 Å². The average molecular weight is 277 g/mol. The first-order valence-electron chi connectivity index (χ1n) is 7.59. The minimum atomic E-state index is 0.447. The highest BCUT2D eigenvalue weighted by Gasteiger charge is 2.23. The Morgan fingerprint density at radius 1 is 1.35 bits per heavy atom. The molecule has 112 valence electrons. The van der Waals surface area contributed by atoms with E-state index in [0.717, 1.165) is 18.8 Å². The van der Waals surface area contributed by atoms with Crippen LogP contribution in [0, 0.1) is 11.8 Å². The number of pyridine rings is 1. The molecule has 1 aliphatic carbocycles. The van der Waals surface area contributed by atoms with E-state index in [1.807, 2.05) is 12.1 Å². The van der Waals surface area contributed by atoms with Crippen molar-refractivity contribution in [2.75, 3.05) is 24.3 Å². The van der Waals surface area contributed by atoms with Gasteiger partial charge in [0.25, 0.3) is 0 Å². The van der Waals surface area contributed by atoms with E-state index >= 15 is 0 Å². The molecule has 0 amide bonds. The van der Waals surface area contributed by atoms with Crippen LogP contribution in [0.4, 0.5) is 11.5 Å². The van der Waals surface area contributed by atoms with Gasteiger partial charge in [-0.2, -0.15) is 4.98 Å². The average Bonchev–Trinajstić information content (AvgIpc) is 3.20. The second kappa shape index (κ2) is 6.33. The highest BCUT2D eigenvalue weighted by atomic mass is 16.5. The van der Waals surface area contributed by atoms with Gasteiger partial charge in [-0.25, -0.2) is 0 Å². The predicted molar refractivity (Wildman–Crippen MR) is 84.2 cm³/mol. The zero-order valence-corrected chi connectivity index (χ0v) is 13.1. The van der Waals surface area contributed by atoms with Gasteiger partial charge >= 0.3 is 0 Å².